The molecular formula is C18H37Cl2N3O2. The SMILES string of the molecule is CCOCCN1CCN(C(=O)C2CCCCC2(C)N)CC1CC.Cl.Cl. The van der Waals surface area contributed by atoms with Crippen LogP contribution in [0.2, 0.25) is 0 Å². The van der Waals surface area contributed by atoms with Crippen molar-refractivity contribution in [3.8, 4) is 0 Å². The Bertz CT molecular complexity index is 397. The van der Waals surface area contributed by atoms with Crippen LogP contribution in [0.1, 0.15) is 52.9 Å². The van der Waals surface area contributed by atoms with Gasteiger partial charge in [0.25, 0.3) is 0 Å². The van der Waals surface area contributed by atoms with Crippen LogP contribution in [0.3, 0.4) is 0 Å². The quantitative estimate of drug-likeness (QED) is 0.699. The maximum atomic E-state index is 13.0. The Morgan fingerprint density at radius 1 is 1.24 bits per heavy atom. The van der Waals surface area contributed by atoms with E-state index in [9.17, 15) is 4.79 Å². The van der Waals surface area contributed by atoms with Crippen molar-refractivity contribution < 1.29 is 9.53 Å². The second-order valence-electron chi connectivity index (χ2n) is 7.38. The molecule has 2 fully saturated rings. The van der Waals surface area contributed by atoms with E-state index in [-0.39, 0.29) is 42.2 Å². The molecule has 0 spiro atoms. The fourth-order valence-corrected chi connectivity index (χ4v) is 4.09. The van der Waals surface area contributed by atoms with Crippen molar-refractivity contribution in [3.63, 3.8) is 0 Å². The third-order valence-corrected chi connectivity index (χ3v) is 5.67. The molecule has 7 heteroatoms. The largest absolute Gasteiger partial charge is 0.380 e. The molecule has 1 aliphatic heterocycles. The molecule has 1 heterocycles. The highest BCUT2D eigenvalue weighted by Crippen LogP contribution is 2.33. The summed E-state index contributed by atoms with van der Waals surface area (Å²) in [6.07, 6.45) is 5.27. The van der Waals surface area contributed by atoms with Crippen molar-refractivity contribution in [2.75, 3.05) is 39.4 Å². The summed E-state index contributed by atoms with van der Waals surface area (Å²) < 4.78 is 5.49. The molecule has 0 bridgehead atoms. The number of amides is 1. The lowest BCUT2D eigenvalue weighted by Crippen LogP contribution is -2.60. The summed E-state index contributed by atoms with van der Waals surface area (Å²) in [6, 6.07) is 0.445. The lowest BCUT2D eigenvalue weighted by molar-refractivity contribution is -0.142. The first kappa shape index (κ1) is 24.9. The molecule has 0 radical (unpaired) electrons. The Balaban J connectivity index is 0.00000288. The lowest BCUT2D eigenvalue weighted by Gasteiger charge is -2.45. The van der Waals surface area contributed by atoms with Gasteiger partial charge < -0.3 is 15.4 Å². The number of halogens is 2. The van der Waals surface area contributed by atoms with Crippen LogP contribution in [-0.2, 0) is 9.53 Å². The molecule has 1 amide bonds. The van der Waals surface area contributed by atoms with Gasteiger partial charge in [-0.3, -0.25) is 9.69 Å². The first-order chi connectivity index (χ1) is 11.0. The number of carbonyl (C=O) groups excluding carboxylic acids is 1. The van der Waals surface area contributed by atoms with Crippen molar-refractivity contribution in [3.05, 3.63) is 0 Å². The second kappa shape index (κ2) is 11.6. The molecule has 25 heavy (non-hydrogen) atoms. The van der Waals surface area contributed by atoms with E-state index in [0.717, 1.165) is 71.5 Å². The summed E-state index contributed by atoms with van der Waals surface area (Å²) >= 11 is 0. The summed E-state index contributed by atoms with van der Waals surface area (Å²) in [5.41, 5.74) is 6.10. The molecule has 5 nitrogen and oxygen atoms in total. The number of rotatable bonds is 6. The van der Waals surface area contributed by atoms with Gasteiger partial charge in [-0.15, -0.1) is 24.8 Å². The van der Waals surface area contributed by atoms with Crippen LogP contribution >= 0.6 is 24.8 Å². The summed E-state index contributed by atoms with van der Waals surface area (Å²) in [5, 5.41) is 0. The van der Waals surface area contributed by atoms with E-state index in [0.29, 0.717) is 6.04 Å². The summed E-state index contributed by atoms with van der Waals surface area (Å²) in [4.78, 5) is 17.6. The number of ether oxygens (including phenoxy) is 1. The number of carbonyl (C=O) groups is 1. The molecule has 1 saturated heterocycles. The van der Waals surface area contributed by atoms with Gasteiger partial charge in [-0.2, -0.15) is 0 Å². The van der Waals surface area contributed by atoms with Gasteiger partial charge in [-0.25, -0.2) is 0 Å². The van der Waals surface area contributed by atoms with Crippen LogP contribution in [0.15, 0.2) is 0 Å². The van der Waals surface area contributed by atoms with E-state index in [2.05, 4.69) is 23.6 Å². The number of nitrogens with two attached hydrogens (primary N) is 1. The first-order valence-electron chi connectivity index (χ1n) is 9.39. The third kappa shape index (κ3) is 6.55. The molecule has 150 valence electrons. The van der Waals surface area contributed by atoms with Crippen molar-refractivity contribution in [2.24, 2.45) is 11.7 Å². The number of hydrogen-bond acceptors (Lipinski definition) is 4. The van der Waals surface area contributed by atoms with Crippen molar-refractivity contribution in [2.45, 2.75) is 64.5 Å². The maximum Gasteiger partial charge on any atom is 0.227 e. The number of nitrogens with zero attached hydrogens (tertiary/aromatic N) is 2. The highest BCUT2D eigenvalue weighted by Gasteiger charge is 2.41. The molecule has 3 unspecified atom stereocenters. The molecule has 3 atom stereocenters. The molecule has 0 aromatic carbocycles. The minimum absolute atomic E-state index is 0. The van der Waals surface area contributed by atoms with Gasteiger partial charge in [0.2, 0.25) is 5.91 Å². The van der Waals surface area contributed by atoms with Crippen molar-refractivity contribution in [1.29, 1.82) is 0 Å². The van der Waals surface area contributed by atoms with Crippen LogP contribution in [0.5, 0.6) is 0 Å². The fourth-order valence-electron chi connectivity index (χ4n) is 4.09. The van der Waals surface area contributed by atoms with E-state index in [1.165, 1.54) is 0 Å². The van der Waals surface area contributed by atoms with Crippen molar-refractivity contribution in [1.82, 2.24) is 9.80 Å². The van der Waals surface area contributed by atoms with Gasteiger partial charge in [-0.1, -0.05) is 19.8 Å². The zero-order chi connectivity index (χ0) is 16.9. The third-order valence-electron chi connectivity index (χ3n) is 5.67. The summed E-state index contributed by atoms with van der Waals surface area (Å²) in [6.45, 7) is 11.4. The van der Waals surface area contributed by atoms with Gasteiger partial charge in [0, 0.05) is 44.4 Å². The fraction of sp³-hybridized carbons (Fsp3) is 0.944. The van der Waals surface area contributed by atoms with Crippen molar-refractivity contribution >= 4 is 30.7 Å². The van der Waals surface area contributed by atoms with Crippen LogP contribution < -0.4 is 5.73 Å². The maximum absolute atomic E-state index is 13.0. The Labute approximate surface area is 165 Å². The molecule has 2 aliphatic rings. The van der Waals surface area contributed by atoms with Gasteiger partial charge in [-0.05, 0) is 33.1 Å². The molecule has 0 aromatic heterocycles. The number of piperazine rings is 1. The normalized spacial score (nSPS) is 30.3. The molecule has 2 rings (SSSR count). The minimum Gasteiger partial charge on any atom is -0.380 e. The molecule has 1 saturated carbocycles. The Hall–Kier alpha value is -0.0700. The van der Waals surface area contributed by atoms with Crippen LogP contribution in [0.4, 0.5) is 0 Å². The Morgan fingerprint density at radius 3 is 2.56 bits per heavy atom. The molecule has 2 N–H and O–H groups in total. The number of hydrogen-bond donors (Lipinski definition) is 1. The highest BCUT2D eigenvalue weighted by atomic mass is 35.5. The second-order valence-corrected chi connectivity index (χ2v) is 7.38. The van der Waals surface area contributed by atoms with Gasteiger partial charge in [0.15, 0.2) is 0 Å². The van der Waals surface area contributed by atoms with Gasteiger partial charge >= 0.3 is 0 Å². The summed E-state index contributed by atoms with van der Waals surface area (Å²) in [5.74, 6) is 0.293. The van der Waals surface area contributed by atoms with E-state index < -0.39 is 0 Å². The average molecular weight is 398 g/mol. The van der Waals surface area contributed by atoms with Crippen LogP contribution in [0.25, 0.3) is 0 Å². The highest BCUT2D eigenvalue weighted by molar-refractivity contribution is 5.85. The topological polar surface area (TPSA) is 58.8 Å². The van der Waals surface area contributed by atoms with Crippen LogP contribution in [-0.4, -0.2) is 66.7 Å². The van der Waals surface area contributed by atoms with E-state index in [4.69, 9.17) is 10.5 Å². The lowest BCUT2D eigenvalue weighted by atomic mass is 9.74. The average Bonchev–Trinajstić information content (AvgIpc) is 2.54. The Morgan fingerprint density at radius 2 is 1.96 bits per heavy atom. The zero-order valence-corrected chi connectivity index (χ0v) is 17.7. The smallest absolute Gasteiger partial charge is 0.227 e. The Kier molecular flexibility index (Phi) is 11.6. The molecular weight excluding hydrogens is 361 g/mol. The van der Waals surface area contributed by atoms with E-state index in [1.807, 2.05) is 6.92 Å². The van der Waals surface area contributed by atoms with Gasteiger partial charge in [0.05, 0.1) is 12.5 Å². The van der Waals surface area contributed by atoms with E-state index >= 15 is 0 Å². The van der Waals surface area contributed by atoms with Crippen LogP contribution in [0, 0.1) is 5.92 Å². The first-order valence-corrected chi connectivity index (χ1v) is 9.39. The van der Waals surface area contributed by atoms with Gasteiger partial charge in [0.1, 0.15) is 0 Å². The summed E-state index contributed by atoms with van der Waals surface area (Å²) in [7, 11) is 0. The van der Waals surface area contributed by atoms with E-state index in [1.54, 1.807) is 0 Å². The predicted octanol–water partition coefficient (Wildman–Crippen LogP) is 2.70. The monoisotopic (exact) mass is 397 g/mol. The zero-order valence-electron chi connectivity index (χ0n) is 16.0. The predicted molar refractivity (Wildman–Crippen MR) is 108 cm³/mol. The standard InChI is InChI=1S/C18H35N3O2.2ClH/c1-4-15-14-21(11-10-20(15)12-13-23-5-2)17(22)16-8-6-7-9-18(16,3)19;;/h15-16H,4-14,19H2,1-3H3;2*1H. The minimum atomic E-state index is -0.330. The molecule has 1 aliphatic carbocycles. The molecule has 0 aromatic rings.